The van der Waals surface area contributed by atoms with Crippen LogP contribution in [0.1, 0.15) is 65.7 Å². The average molecular weight is 239 g/mol. The zero-order chi connectivity index (χ0) is 12.3. The molecule has 2 fully saturated rings. The third-order valence-electron chi connectivity index (χ3n) is 4.52. The summed E-state index contributed by atoms with van der Waals surface area (Å²) in [5.41, 5.74) is 0.113. The van der Waals surface area contributed by atoms with Gasteiger partial charge < -0.3 is 10.1 Å². The first-order valence-corrected chi connectivity index (χ1v) is 7.48. The van der Waals surface area contributed by atoms with E-state index in [1.807, 2.05) is 0 Å². The fourth-order valence-corrected chi connectivity index (χ4v) is 3.30. The van der Waals surface area contributed by atoms with Gasteiger partial charge in [0.25, 0.3) is 0 Å². The molecule has 3 atom stereocenters. The summed E-state index contributed by atoms with van der Waals surface area (Å²) in [6.07, 6.45) is 9.88. The van der Waals surface area contributed by atoms with Gasteiger partial charge in [-0.25, -0.2) is 0 Å². The molecule has 0 aromatic carbocycles. The monoisotopic (exact) mass is 239 g/mol. The van der Waals surface area contributed by atoms with Crippen molar-refractivity contribution in [3.63, 3.8) is 0 Å². The van der Waals surface area contributed by atoms with Crippen LogP contribution in [-0.2, 0) is 4.74 Å². The van der Waals surface area contributed by atoms with Gasteiger partial charge in [0.2, 0.25) is 0 Å². The molecule has 1 aliphatic heterocycles. The first-order valence-electron chi connectivity index (χ1n) is 7.48. The molecular formula is C15H29NO. The zero-order valence-corrected chi connectivity index (χ0v) is 11.8. The normalized spacial score (nSPS) is 37.9. The molecule has 2 nitrogen and oxygen atoms in total. The van der Waals surface area contributed by atoms with Crippen LogP contribution in [0.15, 0.2) is 0 Å². The highest BCUT2D eigenvalue weighted by Gasteiger charge is 2.32. The molecule has 1 saturated heterocycles. The van der Waals surface area contributed by atoms with Gasteiger partial charge in [-0.2, -0.15) is 0 Å². The third kappa shape index (κ3) is 3.96. The van der Waals surface area contributed by atoms with Crippen molar-refractivity contribution < 1.29 is 4.74 Å². The first kappa shape index (κ1) is 13.4. The lowest BCUT2D eigenvalue weighted by atomic mass is 9.97. The highest BCUT2D eigenvalue weighted by Crippen LogP contribution is 2.29. The largest absolute Gasteiger partial charge is 0.371 e. The second kappa shape index (κ2) is 5.71. The van der Waals surface area contributed by atoms with Crippen LogP contribution in [0.5, 0.6) is 0 Å². The van der Waals surface area contributed by atoms with Gasteiger partial charge >= 0.3 is 0 Å². The molecule has 2 rings (SSSR count). The summed E-state index contributed by atoms with van der Waals surface area (Å²) in [6, 6.07) is 0.727. The van der Waals surface area contributed by atoms with Gasteiger partial charge in [0.05, 0.1) is 11.7 Å². The van der Waals surface area contributed by atoms with Gasteiger partial charge in [-0.05, 0) is 45.4 Å². The molecule has 1 aliphatic carbocycles. The Morgan fingerprint density at radius 1 is 1.12 bits per heavy atom. The molecule has 0 radical (unpaired) electrons. The Morgan fingerprint density at radius 3 is 2.59 bits per heavy atom. The van der Waals surface area contributed by atoms with Crippen molar-refractivity contribution in [3.8, 4) is 0 Å². The van der Waals surface area contributed by atoms with Gasteiger partial charge in [0, 0.05) is 12.6 Å². The van der Waals surface area contributed by atoms with Gasteiger partial charge in [-0.1, -0.05) is 26.2 Å². The van der Waals surface area contributed by atoms with Crippen molar-refractivity contribution in [3.05, 3.63) is 0 Å². The second-order valence-electron chi connectivity index (χ2n) is 6.67. The Morgan fingerprint density at radius 2 is 1.88 bits per heavy atom. The van der Waals surface area contributed by atoms with E-state index in [1.165, 1.54) is 44.9 Å². The molecule has 100 valence electrons. The average Bonchev–Trinajstić information content (AvgIpc) is 2.48. The Bertz CT molecular complexity index is 239. The van der Waals surface area contributed by atoms with Gasteiger partial charge in [0.1, 0.15) is 0 Å². The lowest BCUT2D eigenvalue weighted by Gasteiger charge is -2.25. The molecular weight excluding hydrogens is 210 g/mol. The van der Waals surface area contributed by atoms with Crippen LogP contribution in [0, 0.1) is 5.92 Å². The number of rotatable bonds is 3. The highest BCUT2D eigenvalue weighted by atomic mass is 16.5. The maximum atomic E-state index is 6.04. The Hall–Kier alpha value is -0.0800. The SMILES string of the molecule is CC1CCCCCC1NCC1CCC(C)(C)O1. The smallest absolute Gasteiger partial charge is 0.0707 e. The summed E-state index contributed by atoms with van der Waals surface area (Å²) in [4.78, 5) is 0. The van der Waals surface area contributed by atoms with E-state index in [0.29, 0.717) is 6.10 Å². The molecule has 0 bridgehead atoms. The summed E-state index contributed by atoms with van der Waals surface area (Å²) < 4.78 is 6.04. The van der Waals surface area contributed by atoms with E-state index in [2.05, 4.69) is 26.1 Å². The maximum Gasteiger partial charge on any atom is 0.0707 e. The molecule has 2 heteroatoms. The van der Waals surface area contributed by atoms with E-state index in [1.54, 1.807) is 0 Å². The predicted molar refractivity (Wildman–Crippen MR) is 72.2 cm³/mol. The Balaban J connectivity index is 1.73. The zero-order valence-electron chi connectivity index (χ0n) is 11.8. The number of hydrogen-bond acceptors (Lipinski definition) is 2. The molecule has 0 aromatic rings. The minimum atomic E-state index is 0.113. The molecule has 0 spiro atoms. The summed E-state index contributed by atoms with van der Waals surface area (Å²) >= 11 is 0. The van der Waals surface area contributed by atoms with Crippen molar-refractivity contribution in [2.75, 3.05) is 6.54 Å². The number of ether oxygens (including phenoxy) is 1. The van der Waals surface area contributed by atoms with E-state index in [9.17, 15) is 0 Å². The van der Waals surface area contributed by atoms with Gasteiger partial charge in [0.15, 0.2) is 0 Å². The summed E-state index contributed by atoms with van der Waals surface area (Å²) in [7, 11) is 0. The molecule has 3 unspecified atom stereocenters. The standard InChI is InChI=1S/C15H29NO/c1-12-7-5-4-6-8-14(12)16-11-13-9-10-15(2,3)17-13/h12-14,16H,4-11H2,1-3H3. The fourth-order valence-electron chi connectivity index (χ4n) is 3.30. The van der Waals surface area contributed by atoms with Crippen LogP contribution in [0.25, 0.3) is 0 Å². The van der Waals surface area contributed by atoms with Crippen LogP contribution < -0.4 is 5.32 Å². The van der Waals surface area contributed by atoms with E-state index < -0.39 is 0 Å². The fraction of sp³-hybridized carbons (Fsp3) is 1.00. The van der Waals surface area contributed by atoms with E-state index in [-0.39, 0.29) is 5.60 Å². The lowest BCUT2D eigenvalue weighted by Crippen LogP contribution is -2.39. The minimum absolute atomic E-state index is 0.113. The van der Waals surface area contributed by atoms with E-state index in [0.717, 1.165) is 18.5 Å². The highest BCUT2D eigenvalue weighted by molar-refractivity contribution is 4.84. The van der Waals surface area contributed by atoms with Crippen LogP contribution in [-0.4, -0.2) is 24.3 Å². The molecule has 0 aromatic heterocycles. The van der Waals surface area contributed by atoms with Crippen LogP contribution in [0.3, 0.4) is 0 Å². The minimum Gasteiger partial charge on any atom is -0.371 e. The lowest BCUT2D eigenvalue weighted by molar-refractivity contribution is -0.0158. The van der Waals surface area contributed by atoms with Gasteiger partial charge in [-0.3, -0.25) is 0 Å². The topological polar surface area (TPSA) is 21.3 Å². The van der Waals surface area contributed by atoms with Crippen LogP contribution in [0.2, 0.25) is 0 Å². The molecule has 1 saturated carbocycles. The quantitative estimate of drug-likeness (QED) is 0.761. The van der Waals surface area contributed by atoms with Crippen molar-refractivity contribution in [2.45, 2.75) is 83.5 Å². The van der Waals surface area contributed by atoms with Crippen LogP contribution >= 0.6 is 0 Å². The second-order valence-corrected chi connectivity index (χ2v) is 6.67. The first-order chi connectivity index (χ1) is 8.07. The number of nitrogens with one attached hydrogen (secondary N) is 1. The summed E-state index contributed by atoms with van der Waals surface area (Å²) in [6.45, 7) is 7.88. The van der Waals surface area contributed by atoms with E-state index >= 15 is 0 Å². The summed E-state index contributed by atoms with van der Waals surface area (Å²) in [5, 5.41) is 3.77. The Labute approximate surface area is 107 Å². The van der Waals surface area contributed by atoms with Crippen molar-refractivity contribution in [2.24, 2.45) is 5.92 Å². The van der Waals surface area contributed by atoms with E-state index in [4.69, 9.17) is 4.74 Å². The molecule has 17 heavy (non-hydrogen) atoms. The maximum absolute atomic E-state index is 6.04. The molecule has 1 N–H and O–H groups in total. The van der Waals surface area contributed by atoms with Crippen molar-refractivity contribution >= 4 is 0 Å². The van der Waals surface area contributed by atoms with Crippen molar-refractivity contribution in [1.29, 1.82) is 0 Å². The molecule has 0 amide bonds. The third-order valence-corrected chi connectivity index (χ3v) is 4.52. The Kier molecular flexibility index (Phi) is 4.48. The molecule has 1 heterocycles. The van der Waals surface area contributed by atoms with Crippen LogP contribution in [0.4, 0.5) is 0 Å². The van der Waals surface area contributed by atoms with Crippen molar-refractivity contribution in [1.82, 2.24) is 5.32 Å². The molecule has 2 aliphatic rings. The summed E-state index contributed by atoms with van der Waals surface area (Å²) in [5.74, 6) is 0.840. The number of hydrogen-bond donors (Lipinski definition) is 1. The van der Waals surface area contributed by atoms with Gasteiger partial charge in [-0.15, -0.1) is 0 Å². The predicted octanol–water partition coefficient (Wildman–Crippen LogP) is 3.50.